The molecule has 0 bridgehead atoms. The van der Waals surface area contributed by atoms with Gasteiger partial charge in [0.05, 0.1) is 0 Å². The van der Waals surface area contributed by atoms with Crippen molar-refractivity contribution >= 4 is 11.9 Å². The van der Waals surface area contributed by atoms with Crippen molar-refractivity contribution in [2.24, 2.45) is 5.92 Å². The normalized spacial score (nSPS) is 10.5. The van der Waals surface area contributed by atoms with Crippen molar-refractivity contribution in [2.75, 3.05) is 6.54 Å². The molecular weight excluding hydrogens is 314 g/mol. The van der Waals surface area contributed by atoms with Crippen LogP contribution in [0.25, 0.3) is 0 Å². The fourth-order valence-electron chi connectivity index (χ4n) is 2.39. The number of rotatable bonds is 7. The number of carbonyl (C=O) groups excluding carboxylic acids is 2. The minimum absolute atomic E-state index is 0.114. The number of pyridine rings is 1. The molecule has 5 heteroatoms. The molecule has 0 aliphatic heterocycles. The van der Waals surface area contributed by atoms with Crippen LogP contribution in [0.3, 0.4) is 0 Å². The Bertz CT molecular complexity index is 682. The molecule has 132 valence electrons. The highest BCUT2D eigenvalue weighted by molar-refractivity contribution is 5.93. The largest absolute Gasteiger partial charge is 0.338 e. The molecule has 0 fully saturated rings. The zero-order chi connectivity index (χ0) is 18.1. The minimum atomic E-state index is -0.438. The van der Waals surface area contributed by atoms with Gasteiger partial charge in [0.25, 0.3) is 5.91 Å². The average molecular weight is 340 g/mol. The van der Waals surface area contributed by atoms with E-state index >= 15 is 0 Å². The van der Waals surface area contributed by atoms with E-state index in [1.807, 2.05) is 42.7 Å². The zero-order valence-electron chi connectivity index (χ0n) is 14.9. The van der Waals surface area contributed by atoms with E-state index in [9.17, 15) is 9.59 Å². The van der Waals surface area contributed by atoms with Crippen LogP contribution in [0.5, 0.6) is 0 Å². The third-order valence-electron chi connectivity index (χ3n) is 3.80. The van der Waals surface area contributed by atoms with E-state index < -0.39 is 6.03 Å². The second-order valence-corrected chi connectivity index (χ2v) is 6.53. The summed E-state index contributed by atoms with van der Waals surface area (Å²) in [7, 11) is 0. The van der Waals surface area contributed by atoms with E-state index in [-0.39, 0.29) is 12.5 Å². The van der Waals surface area contributed by atoms with Gasteiger partial charge in [0.2, 0.25) is 6.54 Å². The van der Waals surface area contributed by atoms with Crippen molar-refractivity contribution in [2.45, 2.75) is 33.2 Å². The molecule has 5 nitrogen and oxygen atoms in total. The Labute approximate surface area is 149 Å². The monoisotopic (exact) mass is 340 g/mol. The number of hydrogen-bond donors (Lipinski definition) is 2. The lowest BCUT2D eigenvalue weighted by molar-refractivity contribution is -0.684. The summed E-state index contributed by atoms with van der Waals surface area (Å²) >= 11 is 0. The fraction of sp³-hybridized carbons (Fsp3) is 0.350. The van der Waals surface area contributed by atoms with Crippen molar-refractivity contribution < 1.29 is 14.2 Å². The van der Waals surface area contributed by atoms with E-state index in [0.29, 0.717) is 12.5 Å². The molecule has 0 aliphatic rings. The molecule has 0 unspecified atom stereocenters. The third kappa shape index (κ3) is 7.16. The van der Waals surface area contributed by atoms with E-state index in [1.54, 1.807) is 4.57 Å². The van der Waals surface area contributed by atoms with Crippen LogP contribution < -0.4 is 15.2 Å². The summed E-state index contributed by atoms with van der Waals surface area (Å²) in [5.41, 5.74) is 2.42. The Morgan fingerprint density at radius 1 is 1.00 bits per heavy atom. The van der Waals surface area contributed by atoms with Gasteiger partial charge < -0.3 is 5.32 Å². The Balaban J connectivity index is 1.78. The Morgan fingerprint density at radius 3 is 2.28 bits per heavy atom. The summed E-state index contributed by atoms with van der Waals surface area (Å²) in [6.45, 7) is 4.85. The van der Waals surface area contributed by atoms with Crippen LogP contribution in [0.1, 0.15) is 31.4 Å². The highest BCUT2D eigenvalue weighted by atomic mass is 16.2. The number of hydrogen-bond acceptors (Lipinski definition) is 2. The smallest absolute Gasteiger partial charge is 0.321 e. The first-order valence-electron chi connectivity index (χ1n) is 8.62. The predicted molar refractivity (Wildman–Crippen MR) is 96.9 cm³/mol. The Morgan fingerprint density at radius 2 is 1.64 bits per heavy atom. The summed E-state index contributed by atoms with van der Waals surface area (Å²) in [6, 6.07) is 13.8. The topological polar surface area (TPSA) is 62.1 Å². The van der Waals surface area contributed by atoms with Crippen LogP contribution in [0, 0.1) is 5.92 Å². The molecule has 0 saturated heterocycles. The van der Waals surface area contributed by atoms with Gasteiger partial charge in [-0.3, -0.25) is 10.1 Å². The van der Waals surface area contributed by atoms with Crippen LogP contribution in [-0.4, -0.2) is 18.5 Å². The van der Waals surface area contributed by atoms with Gasteiger partial charge in [-0.2, -0.15) is 4.57 Å². The Hall–Kier alpha value is -2.69. The zero-order valence-corrected chi connectivity index (χ0v) is 14.9. The number of aromatic nitrogens is 1. The number of benzene rings is 1. The number of urea groups is 1. The van der Waals surface area contributed by atoms with Crippen molar-refractivity contribution in [1.29, 1.82) is 0 Å². The van der Waals surface area contributed by atoms with Crippen molar-refractivity contribution in [3.8, 4) is 0 Å². The second-order valence-electron chi connectivity index (χ2n) is 6.53. The lowest BCUT2D eigenvalue weighted by Gasteiger charge is -2.07. The summed E-state index contributed by atoms with van der Waals surface area (Å²) < 4.78 is 1.76. The van der Waals surface area contributed by atoms with Gasteiger partial charge >= 0.3 is 6.03 Å². The van der Waals surface area contributed by atoms with Gasteiger partial charge in [-0.15, -0.1) is 0 Å². The van der Waals surface area contributed by atoms with Crippen LogP contribution in [0.2, 0.25) is 0 Å². The van der Waals surface area contributed by atoms with Crippen molar-refractivity contribution in [3.63, 3.8) is 0 Å². The molecule has 1 aromatic heterocycles. The van der Waals surface area contributed by atoms with Crippen LogP contribution in [0.15, 0.2) is 54.9 Å². The van der Waals surface area contributed by atoms with Gasteiger partial charge in [0, 0.05) is 18.7 Å². The standard InChI is InChI=1S/C20H25N3O2/c1-16(2)8-11-21-20(25)22-19(24)15-23-12-9-18(10-13-23)14-17-6-4-3-5-7-17/h3-7,9-10,12-13,16H,8,11,14-15H2,1-2H3,(H-,21,22,24,25)/p+1. The van der Waals surface area contributed by atoms with Crippen molar-refractivity contribution in [1.82, 2.24) is 10.6 Å². The molecule has 0 atom stereocenters. The molecule has 3 amide bonds. The van der Waals surface area contributed by atoms with Crippen molar-refractivity contribution in [3.05, 3.63) is 66.0 Å². The van der Waals surface area contributed by atoms with Gasteiger partial charge in [0.15, 0.2) is 12.4 Å². The number of carbonyl (C=O) groups is 2. The van der Waals surface area contributed by atoms with Crippen LogP contribution >= 0.6 is 0 Å². The molecule has 2 aromatic rings. The first-order chi connectivity index (χ1) is 12.0. The maximum atomic E-state index is 11.9. The van der Waals surface area contributed by atoms with Gasteiger partial charge in [-0.25, -0.2) is 4.79 Å². The lowest BCUT2D eigenvalue weighted by atomic mass is 10.1. The second kappa shape index (κ2) is 9.57. The van der Waals surface area contributed by atoms with Crippen LogP contribution in [0.4, 0.5) is 4.79 Å². The van der Waals surface area contributed by atoms with Gasteiger partial charge in [-0.1, -0.05) is 44.2 Å². The molecule has 1 heterocycles. The molecule has 0 aliphatic carbocycles. The fourth-order valence-corrected chi connectivity index (χ4v) is 2.39. The molecular formula is C20H26N3O2+. The van der Waals surface area contributed by atoms with Crippen LogP contribution in [-0.2, 0) is 17.8 Å². The summed E-state index contributed by atoms with van der Waals surface area (Å²) in [6.07, 6.45) is 5.45. The van der Waals surface area contributed by atoms with Gasteiger partial charge in [0.1, 0.15) is 0 Å². The average Bonchev–Trinajstić information content (AvgIpc) is 2.57. The lowest BCUT2D eigenvalue weighted by Crippen LogP contribution is -2.47. The third-order valence-corrected chi connectivity index (χ3v) is 3.80. The maximum absolute atomic E-state index is 11.9. The number of amides is 3. The molecule has 25 heavy (non-hydrogen) atoms. The molecule has 0 spiro atoms. The van der Waals surface area contributed by atoms with E-state index in [1.165, 1.54) is 11.1 Å². The quantitative estimate of drug-likeness (QED) is 0.761. The minimum Gasteiger partial charge on any atom is -0.338 e. The molecule has 2 N–H and O–H groups in total. The number of nitrogens with zero attached hydrogens (tertiary/aromatic N) is 1. The van der Waals surface area contributed by atoms with Gasteiger partial charge in [-0.05, 0) is 29.9 Å². The summed E-state index contributed by atoms with van der Waals surface area (Å²) in [4.78, 5) is 23.5. The van der Waals surface area contributed by atoms with E-state index in [4.69, 9.17) is 0 Å². The van der Waals surface area contributed by atoms with E-state index in [2.05, 4.69) is 36.6 Å². The SMILES string of the molecule is CC(C)CCNC(=O)NC(=O)C[n+]1ccc(Cc2ccccc2)cc1. The van der Waals surface area contributed by atoms with E-state index in [0.717, 1.165) is 12.8 Å². The summed E-state index contributed by atoms with van der Waals surface area (Å²) in [5.74, 6) is 0.184. The molecule has 2 rings (SSSR count). The first-order valence-corrected chi connectivity index (χ1v) is 8.62. The Kier molecular flexibility index (Phi) is 7.14. The summed E-state index contributed by atoms with van der Waals surface area (Å²) in [5, 5.41) is 5.03. The predicted octanol–water partition coefficient (Wildman–Crippen LogP) is 2.44. The molecule has 0 saturated carbocycles. The number of imide groups is 1. The highest BCUT2D eigenvalue weighted by Gasteiger charge is 2.12. The maximum Gasteiger partial charge on any atom is 0.321 e. The molecule has 1 aromatic carbocycles. The molecule has 0 radical (unpaired) electrons. The highest BCUT2D eigenvalue weighted by Crippen LogP contribution is 2.07. The number of nitrogens with one attached hydrogen (secondary N) is 2. The first kappa shape index (κ1) is 18.6.